The first-order valence-electron chi connectivity index (χ1n) is 10.0. The Bertz CT molecular complexity index is 1160. The number of hydrogen-bond donors (Lipinski definition) is 0. The minimum atomic E-state index is -0.0707. The van der Waals surface area contributed by atoms with E-state index in [2.05, 4.69) is 15.1 Å². The lowest BCUT2D eigenvalue weighted by atomic mass is 10.1. The van der Waals surface area contributed by atoms with Crippen molar-refractivity contribution in [3.05, 3.63) is 87.9 Å². The molecular formula is C23H22ClN5O2S. The van der Waals surface area contributed by atoms with E-state index in [1.807, 2.05) is 55.7 Å². The summed E-state index contributed by atoms with van der Waals surface area (Å²) in [6.45, 7) is 2.36. The smallest absolute Gasteiger partial charge is 0.228 e. The van der Waals surface area contributed by atoms with Crippen molar-refractivity contribution in [3.63, 3.8) is 0 Å². The van der Waals surface area contributed by atoms with Crippen molar-refractivity contribution >= 4 is 28.8 Å². The summed E-state index contributed by atoms with van der Waals surface area (Å²) in [4.78, 5) is 23.1. The number of likely N-dealkylation sites (N-methyl/N-ethyl adjacent to an activating group) is 1. The number of carbonyl (C=O) groups is 1. The predicted molar refractivity (Wildman–Crippen MR) is 124 cm³/mol. The molecule has 0 saturated carbocycles. The van der Waals surface area contributed by atoms with Crippen LogP contribution in [0.1, 0.15) is 29.2 Å². The maximum Gasteiger partial charge on any atom is 0.228 e. The highest BCUT2D eigenvalue weighted by Crippen LogP contribution is 2.22. The monoisotopic (exact) mass is 467 g/mol. The first kappa shape index (κ1) is 22.0. The summed E-state index contributed by atoms with van der Waals surface area (Å²) < 4.78 is 7.42. The molecule has 2 heterocycles. The Morgan fingerprint density at radius 2 is 1.94 bits per heavy atom. The molecule has 32 heavy (non-hydrogen) atoms. The molecule has 1 amide bonds. The Labute approximate surface area is 195 Å². The Morgan fingerprint density at radius 1 is 1.19 bits per heavy atom. The first-order valence-corrected chi connectivity index (χ1v) is 11.3. The van der Waals surface area contributed by atoms with Crippen LogP contribution in [0.5, 0.6) is 5.75 Å². The van der Waals surface area contributed by atoms with Gasteiger partial charge >= 0.3 is 0 Å². The highest BCUT2D eigenvalue weighted by atomic mass is 35.5. The van der Waals surface area contributed by atoms with Gasteiger partial charge in [-0.05, 0) is 48.9 Å². The van der Waals surface area contributed by atoms with Gasteiger partial charge < -0.3 is 9.64 Å². The summed E-state index contributed by atoms with van der Waals surface area (Å²) in [5.74, 6) is 0.735. The van der Waals surface area contributed by atoms with E-state index in [0.29, 0.717) is 11.6 Å². The number of thiazole rings is 1. The average Bonchev–Trinajstić information content (AvgIpc) is 3.50. The fourth-order valence-corrected chi connectivity index (χ4v) is 3.97. The third-order valence-corrected chi connectivity index (χ3v) is 6.26. The molecule has 0 aliphatic carbocycles. The van der Waals surface area contributed by atoms with Crippen molar-refractivity contribution in [1.29, 1.82) is 0 Å². The molecule has 7 nitrogen and oxygen atoms in total. The Balaban J connectivity index is 1.32. The molecule has 4 rings (SSSR count). The number of rotatable bonds is 8. The molecule has 0 saturated heterocycles. The van der Waals surface area contributed by atoms with Crippen LogP contribution in [-0.2, 0) is 17.8 Å². The van der Waals surface area contributed by atoms with E-state index in [4.69, 9.17) is 16.3 Å². The maximum atomic E-state index is 12.8. The lowest BCUT2D eigenvalue weighted by molar-refractivity contribution is -0.131. The largest absolute Gasteiger partial charge is 0.486 e. The summed E-state index contributed by atoms with van der Waals surface area (Å²) in [6.07, 6.45) is 3.39. The minimum absolute atomic E-state index is 0.00771. The SMILES string of the molecule is CC(c1ccc(-n2cncn2)cc1)N(C)C(=O)Cc1csc(COc2ccc(Cl)cc2)n1. The molecule has 9 heteroatoms. The molecule has 0 radical (unpaired) electrons. The summed E-state index contributed by atoms with van der Waals surface area (Å²) in [6, 6.07) is 15.0. The molecule has 0 bridgehead atoms. The second kappa shape index (κ2) is 9.93. The predicted octanol–water partition coefficient (Wildman–Crippen LogP) is 4.72. The Hall–Kier alpha value is -3.23. The molecule has 164 valence electrons. The van der Waals surface area contributed by atoms with Crippen LogP contribution in [0.3, 0.4) is 0 Å². The zero-order valence-corrected chi connectivity index (χ0v) is 19.3. The van der Waals surface area contributed by atoms with Crippen LogP contribution in [0, 0.1) is 0 Å². The number of benzene rings is 2. The fourth-order valence-electron chi connectivity index (χ4n) is 3.14. The van der Waals surface area contributed by atoms with Gasteiger partial charge in [0, 0.05) is 17.5 Å². The molecule has 0 aliphatic rings. The highest BCUT2D eigenvalue weighted by Gasteiger charge is 2.19. The summed E-state index contributed by atoms with van der Waals surface area (Å²) in [5, 5.41) is 7.52. The number of halogens is 1. The molecule has 0 fully saturated rings. The van der Waals surface area contributed by atoms with Crippen molar-refractivity contribution in [1.82, 2.24) is 24.6 Å². The molecule has 0 aliphatic heterocycles. The van der Waals surface area contributed by atoms with Crippen molar-refractivity contribution in [3.8, 4) is 11.4 Å². The number of amides is 1. The van der Waals surface area contributed by atoms with Gasteiger partial charge in [-0.1, -0.05) is 23.7 Å². The van der Waals surface area contributed by atoms with Gasteiger partial charge in [0.05, 0.1) is 23.8 Å². The van der Waals surface area contributed by atoms with Gasteiger partial charge in [-0.3, -0.25) is 4.79 Å². The normalized spacial score (nSPS) is 11.8. The van der Waals surface area contributed by atoms with Gasteiger partial charge in [0.1, 0.15) is 30.0 Å². The van der Waals surface area contributed by atoms with Crippen molar-refractivity contribution in [2.24, 2.45) is 0 Å². The third-order valence-electron chi connectivity index (χ3n) is 5.14. The quantitative estimate of drug-likeness (QED) is 0.375. The van der Waals surface area contributed by atoms with E-state index in [1.54, 1.807) is 28.0 Å². The highest BCUT2D eigenvalue weighted by molar-refractivity contribution is 7.09. The van der Waals surface area contributed by atoms with Gasteiger partial charge in [0.15, 0.2) is 0 Å². The van der Waals surface area contributed by atoms with E-state index < -0.39 is 0 Å². The zero-order valence-electron chi connectivity index (χ0n) is 17.7. The molecule has 2 aromatic carbocycles. The second-order valence-electron chi connectivity index (χ2n) is 7.26. The lowest BCUT2D eigenvalue weighted by Gasteiger charge is -2.25. The van der Waals surface area contributed by atoms with E-state index in [1.165, 1.54) is 17.7 Å². The molecule has 1 atom stereocenters. The fraction of sp³-hybridized carbons (Fsp3) is 0.217. The first-order chi connectivity index (χ1) is 15.5. The number of carbonyl (C=O) groups excluding carboxylic acids is 1. The molecule has 4 aromatic rings. The van der Waals surface area contributed by atoms with Crippen molar-refractivity contribution in [2.45, 2.75) is 26.0 Å². The number of nitrogens with zero attached hydrogens (tertiary/aromatic N) is 5. The summed E-state index contributed by atoms with van der Waals surface area (Å²) in [5.41, 5.74) is 2.71. The van der Waals surface area contributed by atoms with Crippen LogP contribution in [0.4, 0.5) is 0 Å². The van der Waals surface area contributed by atoms with Crippen LogP contribution in [0.2, 0.25) is 5.02 Å². The van der Waals surface area contributed by atoms with Gasteiger partial charge in [0.25, 0.3) is 0 Å². The Morgan fingerprint density at radius 3 is 2.62 bits per heavy atom. The molecule has 2 aromatic heterocycles. The molecule has 0 N–H and O–H groups in total. The van der Waals surface area contributed by atoms with Gasteiger partial charge in [-0.15, -0.1) is 11.3 Å². The topological polar surface area (TPSA) is 73.1 Å². The lowest BCUT2D eigenvalue weighted by Crippen LogP contribution is -2.31. The average molecular weight is 468 g/mol. The van der Waals surface area contributed by atoms with E-state index in [0.717, 1.165) is 27.7 Å². The standard InChI is InChI=1S/C23H22ClN5O2S/c1-16(17-3-7-20(8-4-17)29-15-25-14-26-29)28(2)23(30)11-19-13-32-22(27-19)12-31-21-9-5-18(24)6-10-21/h3-10,13-16H,11-12H2,1-2H3. The molecular weight excluding hydrogens is 446 g/mol. The zero-order chi connectivity index (χ0) is 22.5. The van der Waals surface area contributed by atoms with E-state index in [9.17, 15) is 4.79 Å². The summed E-state index contributed by atoms with van der Waals surface area (Å²) >= 11 is 7.37. The third kappa shape index (κ3) is 5.33. The molecule has 1 unspecified atom stereocenters. The maximum absolute atomic E-state index is 12.8. The van der Waals surface area contributed by atoms with E-state index >= 15 is 0 Å². The van der Waals surface area contributed by atoms with Crippen molar-refractivity contribution in [2.75, 3.05) is 7.05 Å². The van der Waals surface area contributed by atoms with Crippen LogP contribution in [0.25, 0.3) is 5.69 Å². The van der Waals surface area contributed by atoms with Crippen LogP contribution < -0.4 is 4.74 Å². The number of hydrogen-bond acceptors (Lipinski definition) is 6. The number of aromatic nitrogens is 4. The van der Waals surface area contributed by atoms with Crippen LogP contribution in [0.15, 0.2) is 66.6 Å². The minimum Gasteiger partial charge on any atom is -0.486 e. The van der Waals surface area contributed by atoms with Gasteiger partial charge in [-0.2, -0.15) is 5.10 Å². The van der Waals surface area contributed by atoms with Crippen LogP contribution >= 0.6 is 22.9 Å². The summed E-state index contributed by atoms with van der Waals surface area (Å²) in [7, 11) is 1.81. The Kier molecular flexibility index (Phi) is 6.82. The van der Waals surface area contributed by atoms with Crippen LogP contribution in [-0.4, -0.2) is 37.6 Å². The second-order valence-corrected chi connectivity index (χ2v) is 8.64. The molecule has 0 spiro atoms. The van der Waals surface area contributed by atoms with Crippen molar-refractivity contribution < 1.29 is 9.53 Å². The van der Waals surface area contributed by atoms with E-state index in [-0.39, 0.29) is 18.4 Å². The van der Waals surface area contributed by atoms with Gasteiger partial charge in [0.2, 0.25) is 5.91 Å². The van der Waals surface area contributed by atoms with Gasteiger partial charge in [-0.25, -0.2) is 14.6 Å². The number of ether oxygens (including phenoxy) is 1.